The lowest BCUT2D eigenvalue weighted by Gasteiger charge is -2.18. The van der Waals surface area contributed by atoms with Gasteiger partial charge in [-0.15, -0.1) is 0 Å². The van der Waals surface area contributed by atoms with Crippen LogP contribution in [-0.4, -0.2) is 17.5 Å². The number of hydrogen-bond acceptors (Lipinski definition) is 2. The summed E-state index contributed by atoms with van der Waals surface area (Å²) >= 11 is 0. The largest absolute Gasteiger partial charge is 0.396 e. The Morgan fingerprint density at radius 3 is 2.56 bits per heavy atom. The van der Waals surface area contributed by atoms with Crippen molar-refractivity contribution < 1.29 is 23.1 Å². The number of unbranched alkanes of at least 4 members (excludes halogenated alkanes) is 1. The maximum atomic E-state index is 13.8. The number of aliphatic hydroxyl groups excluding tert-OH is 1. The Labute approximate surface area is 103 Å². The fraction of sp³-hybridized carbons (Fsp3) is 0.462. The van der Waals surface area contributed by atoms with Gasteiger partial charge in [0.2, 0.25) is 0 Å². The summed E-state index contributed by atoms with van der Waals surface area (Å²) in [6.45, 7) is 0.956. The molecule has 0 heterocycles. The molecule has 18 heavy (non-hydrogen) atoms. The monoisotopic (exact) mass is 260 g/mol. The Morgan fingerprint density at radius 2 is 2.00 bits per heavy atom. The molecule has 0 aliphatic carbocycles. The van der Waals surface area contributed by atoms with Gasteiger partial charge in [0.15, 0.2) is 5.78 Å². The summed E-state index contributed by atoms with van der Waals surface area (Å²) in [5, 5.41) is 8.54. The molecule has 0 spiro atoms. The number of ketones is 1. The van der Waals surface area contributed by atoms with Crippen LogP contribution in [-0.2, 0) is 5.92 Å². The van der Waals surface area contributed by atoms with Crippen LogP contribution in [0.3, 0.4) is 0 Å². The van der Waals surface area contributed by atoms with E-state index < -0.39 is 29.5 Å². The lowest BCUT2D eigenvalue weighted by atomic mass is 9.98. The highest BCUT2D eigenvalue weighted by Gasteiger charge is 2.34. The first-order chi connectivity index (χ1) is 8.40. The van der Waals surface area contributed by atoms with Crippen molar-refractivity contribution in [3.05, 3.63) is 35.1 Å². The third kappa shape index (κ3) is 3.32. The van der Waals surface area contributed by atoms with Crippen molar-refractivity contribution in [3.8, 4) is 0 Å². The fourth-order valence-electron chi connectivity index (χ4n) is 1.68. The summed E-state index contributed by atoms with van der Waals surface area (Å²) in [7, 11) is 0. The minimum Gasteiger partial charge on any atom is -0.396 e. The van der Waals surface area contributed by atoms with Crippen molar-refractivity contribution >= 4 is 5.78 Å². The lowest BCUT2D eigenvalue weighted by molar-refractivity contribution is -0.0198. The van der Waals surface area contributed by atoms with Crippen LogP contribution in [0.25, 0.3) is 0 Å². The second-order valence-corrected chi connectivity index (χ2v) is 4.11. The molecular formula is C13H15F3O2. The van der Waals surface area contributed by atoms with Crippen LogP contribution in [0.1, 0.15) is 42.1 Å². The molecule has 100 valence electrons. The van der Waals surface area contributed by atoms with Crippen LogP contribution in [0, 0.1) is 5.82 Å². The Bertz CT molecular complexity index is 430. The lowest BCUT2D eigenvalue weighted by Crippen LogP contribution is -2.17. The molecule has 0 aromatic heterocycles. The number of carbonyl (C=O) groups excluding carboxylic acids is 1. The molecule has 0 fully saturated rings. The molecule has 1 aromatic rings. The van der Waals surface area contributed by atoms with Gasteiger partial charge in [-0.25, -0.2) is 13.2 Å². The SMILES string of the molecule is CC(=O)c1cccc(C(F)(F)CCCCO)c1F. The zero-order chi connectivity index (χ0) is 13.8. The zero-order valence-electron chi connectivity index (χ0n) is 10.0. The van der Waals surface area contributed by atoms with Crippen LogP contribution >= 0.6 is 0 Å². The van der Waals surface area contributed by atoms with Crippen molar-refractivity contribution in [3.63, 3.8) is 0 Å². The number of Topliss-reactive ketones (excluding diaryl/α,β-unsaturated/α-hetero) is 1. The molecule has 0 aliphatic heterocycles. The van der Waals surface area contributed by atoms with Crippen LogP contribution < -0.4 is 0 Å². The van der Waals surface area contributed by atoms with Gasteiger partial charge in [0.25, 0.3) is 5.92 Å². The molecule has 1 aromatic carbocycles. The van der Waals surface area contributed by atoms with E-state index in [1.807, 2.05) is 0 Å². The predicted molar refractivity (Wildman–Crippen MR) is 61.2 cm³/mol. The highest BCUT2D eigenvalue weighted by atomic mass is 19.3. The van der Waals surface area contributed by atoms with Crippen molar-refractivity contribution in [2.24, 2.45) is 0 Å². The normalized spacial score (nSPS) is 11.6. The van der Waals surface area contributed by atoms with E-state index in [-0.39, 0.29) is 25.0 Å². The van der Waals surface area contributed by atoms with E-state index in [2.05, 4.69) is 0 Å². The van der Waals surface area contributed by atoms with Crippen molar-refractivity contribution in [1.82, 2.24) is 0 Å². The van der Waals surface area contributed by atoms with Gasteiger partial charge < -0.3 is 5.11 Å². The van der Waals surface area contributed by atoms with Crippen LogP contribution in [0.15, 0.2) is 18.2 Å². The van der Waals surface area contributed by atoms with Gasteiger partial charge in [-0.05, 0) is 25.8 Å². The van der Waals surface area contributed by atoms with E-state index >= 15 is 0 Å². The number of carbonyl (C=O) groups is 1. The number of rotatable bonds is 6. The fourth-order valence-corrected chi connectivity index (χ4v) is 1.68. The maximum Gasteiger partial charge on any atom is 0.276 e. The molecule has 2 nitrogen and oxygen atoms in total. The standard InChI is InChI=1S/C13H15F3O2/c1-9(18)10-5-4-6-11(12(10)14)13(15,16)7-2-3-8-17/h4-6,17H,2-3,7-8H2,1H3. The molecular weight excluding hydrogens is 245 g/mol. The Hall–Kier alpha value is -1.36. The first-order valence-electron chi connectivity index (χ1n) is 5.68. The van der Waals surface area contributed by atoms with Crippen molar-refractivity contribution in [2.75, 3.05) is 6.61 Å². The van der Waals surface area contributed by atoms with Crippen LogP contribution in [0.5, 0.6) is 0 Å². The number of halogens is 3. The summed E-state index contributed by atoms with van der Waals surface area (Å²) in [6, 6.07) is 3.42. The molecule has 0 aliphatic rings. The molecule has 1 N–H and O–H groups in total. The number of aliphatic hydroxyl groups is 1. The molecule has 0 bridgehead atoms. The highest BCUT2D eigenvalue weighted by molar-refractivity contribution is 5.94. The summed E-state index contributed by atoms with van der Waals surface area (Å²) in [5.74, 6) is -5.07. The van der Waals surface area contributed by atoms with Gasteiger partial charge in [-0.3, -0.25) is 4.79 Å². The topological polar surface area (TPSA) is 37.3 Å². The Morgan fingerprint density at radius 1 is 1.33 bits per heavy atom. The minimum atomic E-state index is -3.33. The summed E-state index contributed by atoms with van der Waals surface area (Å²) in [4.78, 5) is 11.1. The molecule has 0 saturated carbocycles. The van der Waals surface area contributed by atoms with E-state index in [4.69, 9.17) is 5.11 Å². The molecule has 0 unspecified atom stereocenters. The average Bonchev–Trinajstić information content (AvgIpc) is 2.28. The second kappa shape index (κ2) is 6.00. The van der Waals surface area contributed by atoms with Gasteiger partial charge in [0.05, 0.1) is 11.1 Å². The first kappa shape index (κ1) is 14.7. The molecule has 0 radical (unpaired) electrons. The minimum absolute atomic E-state index is 0.0905. The smallest absolute Gasteiger partial charge is 0.276 e. The number of benzene rings is 1. The van der Waals surface area contributed by atoms with E-state index in [0.717, 1.165) is 13.0 Å². The zero-order valence-corrected chi connectivity index (χ0v) is 10.0. The Balaban J connectivity index is 3.01. The summed E-state index contributed by atoms with van der Waals surface area (Å²) in [5.41, 5.74) is -1.08. The number of hydrogen-bond donors (Lipinski definition) is 1. The van der Waals surface area contributed by atoms with E-state index in [1.165, 1.54) is 12.1 Å². The molecule has 0 amide bonds. The van der Waals surface area contributed by atoms with Gasteiger partial charge in [0, 0.05) is 13.0 Å². The Kier molecular flexibility index (Phi) is 4.90. The number of alkyl halides is 2. The van der Waals surface area contributed by atoms with Crippen LogP contribution in [0.2, 0.25) is 0 Å². The summed E-state index contributed by atoms with van der Waals surface area (Å²) in [6.07, 6.45) is -0.220. The third-order valence-corrected chi connectivity index (χ3v) is 2.67. The second-order valence-electron chi connectivity index (χ2n) is 4.11. The van der Waals surface area contributed by atoms with Crippen molar-refractivity contribution in [1.29, 1.82) is 0 Å². The highest BCUT2D eigenvalue weighted by Crippen LogP contribution is 2.35. The van der Waals surface area contributed by atoms with Crippen molar-refractivity contribution in [2.45, 2.75) is 32.1 Å². The van der Waals surface area contributed by atoms with Gasteiger partial charge >= 0.3 is 0 Å². The predicted octanol–water partition coefficient (Wildman–Crippen LogP) is 3.28. The van der Waals surface area contributed by atoms with Crippen LogP contribution in [0.4, 0.5) is 13.2 Å². The maximum absolute atomic E-state index is 13.8. The molecule has 0 atom stereocenters. The molecule has 0 saturated heterocycles. The third-order valence-electron chi connectivity index (χ3n) is 2.67. The van der Waals surface area contributed by atoms with Gasteiger partial charge in [-0.2, -0.15) is 0 Å². The quantitative estimate of drug-likeness (QED) is 0.629. The summed E-state index contributed by atoms with van der Waals surface area (Å²) < 4.78 is 41.3. The van der Waals surface area contributed by atoms with E-state index in [1.54, 1.807) is 0 Å². The van der Waals surface area contributed by atoms with E-state index in [0.29, 0.717) is 0 Å². The molecule has 1 rings (SSSR count). The average molecular weight is 260 g/mol. The van der Waals surface area contributed by atoms with Gasteiger partial charge in [0.1, 0.15) is 5.82 Å². The van der Waals surface area contributed by atoms with Gasteiger partial charge in [-0.1, -0.05) is 12.1 Å². The molecule has 5 heteroatoms. The van der Waals surface area contributed by atoms with E-state index in [9.17, 15) is 18.0 Å². The first-order valence-corrected chi connectivity index (χ1v) is 5.68.